The number of amides is 1. The molecule has 0 aliphatic carbocycles. The number of unbranched alkanes of at least 4 members (excludes halogenated alkanes) is 11. The maximum absolute atomic E-state index is 11.6. The quantitative estimate of drug-likeness (QED) is 0.222. The maximum atomic E-state index is 11.6. The largest absolute Gasteiger partial charge is 0.385 e. The van der Waals surface area contributed by atoms with E-state index in [4.69, 9.17) is 4.74 Å². The fourth-order valence-corrected chi connectivity index (χ4v) is 2.89. The molecule has 0 saturated heterocycles. The lowest BCUT2D eigenvalue weighted by Crippen LogP contribution is -2.24. The van der Waals surface area contributed by atoms with Crippen molar-refractivity contribution in [3.63, 3.8) is 0 Å². The van der Waals surface area contributed by atoms with E-state index in [0.29, 0.717) is 13.0 Å². The zero-order valence-electron chi connectivity index (χ0n) is 17.0. The van der Waals surface area contributed by atoms with E-state index in [1.54, 1.807) is 7.11 Å². The van der Waals surface area contributed by atoms with Crippen LogP contribution in [0.1, 0.15) is 103 Å². The second kappa shape index (κ2) is 21.2. The van der Waals surface area contributed by atoms with E-state index in [2.05, 4.69) is 24.4 Å². The number of hydrogen-bond donors (Lipinski definition) is 1. The lowest BCUT2D eigenvalue weighted by Gasteiger charge is -2.04. The average Bonchev–Trinajstić information content (AvgIpc) is 2.62. The van der Waals surface area contributed by atoms with Gasteiger partial charge in [-0.1, -0.05) is 70.4 Å². The van der Waals surface area contributed by atoms with Gasteiger partial charge in [-0.15, -0.1) is 0 Å². The van der Waals surface area contributed by atoms with Gasteiger partial charge in [-0.25, -0.2) is 0 Å². The summed E-state index contributed by atoms with van der Waals surface area (Å²) in [7, 11) is 1.69. The number of carbonyl (C=O) groups excluding carboxylic acids is 1. The highest BCUT2D eigenvalue weighted by molar-refractivity contribution is 5.75. The topological polar surface area (TPSA) is 38.3 Å². The van der Waals surface area contributed by atoms with Crippen LogP contribution in [0.15, 0.2) is 12.2 Å². The predicted molar refractivity (Wildman–Crippen MR) is 109 cm³/mol. The van der Waals surface area contributed by atoms with Crippen molar-refractivity contribution in [2.75, 3.05) is 20.3 Å². The minimum absolute atomic E-state index is 0.189. The van der Waals surface area contributed by atoms with E-state index in [1.165, 1.54) is 77.0 Å². The molecule has 3 heteroatoms. The number of methoxy groups -OCH3 is 1. The van der Waals surface area contributed by atoms with Gasteiger partial charge in [0.05, 0.1) is 0 Å². The molecule has 0 radical (unpaired) electrons. The molecule has 0 aliphatic heterocycles. The zero-order valence-corrected chi connectivity index (χ0v) is 17.0. The molecule has 0 atom stereocenters. The van der Waals surface area contributed by atoms with Crippen LogP contribution < -0.4 is 5.32 Å². The fraction of sp³-hybridized carbons (Fsp3) is 0.864. The summed E-state index contributed by atoms with van der Waals surface area (Å²) >= 11 is 0. The van der Waals surface area contributed by atoms with Crippen LogP contribution in [0.25, 0.3) is 0 Å². The Kier molecular flexibility index (Phi) is 20.5. The molecule has 0 heterocycles. The van der Waals surface area contributed by atoms with Crippen LogP contribution in [0.2, 0.25) is 0 Å². The number of carbonyl (C=O) groups is 1. The predicted octanol–water partition coefficient (Wildman–Crippen LogP) is 6.18. The summed E-state index contributed by atoms with van der Waals surface area (Å²) in [6.45, 7) is 3.72. The molecule has 0 aromatic carbocycles. The summed E-state index contributed by atoms with van der Waals surface area (Å²) in [6, 6.07) is 0. The summed E-state index contributed by atoms with van der Waals surface area (Å²) in [5, 5.41) is 2.94. The third-order valence-electron chi connectivity index (χ3n) is 4.51. The second-order valence-corrected chi connectivity index (χ2v) is 7.03. The van der Waals surface area contributed by atoms with Crippen molar-refractivity contribution in [1.29, 1.82) is 0 Å². The normalized spacial score (nSPS) is 11.3. The van der Waals surface area contributed by atoms with Crippen molar-refractivity contribution < 1.29 is 9.53 Å². The SMILES string of the molecule is CCCCCCCCC=CCCCCCCCC(=O)NCCCOC. The molecular formula is C22H43NO2. The van der Waals surface area contributed by atoms with Gasteiger partial charge in [0, 0.05) is 26.7 Å². The fourth-order valence-electron chi connectivity index (χ4n) is 2.89. The van der Waals surface area contributed by atoms with E-state index in [1.807, 2.05) is 0 Å². The van der Waals surface area contributed by atoms with Gasteiger partial charge in [0.2, 0.25) is 5.91 Å². The molecule has 0 bridgehead atoms. The lowest BCUT2D eigenvalue weighted by atomic mass is 10.1. The van der Waals surface area contributed by atoms with Gasteiger partial charge in [0.1, 0.15) is 0 Å². The first-order chi connectivity index (χ1) is 12.3. The van der Waals surface area contributed by atoms with Crippen LogP contribution in [0.5, 0.6) is 0 Å². The summed E-state index contributed by atoms with van der Waals surface area (Å²) in [5.74, 6) is 0.189. The van der Waals surface area contributed by atoms with Crippen molar-refractivity contribution in [3.8, 4) is 0 Å². The first kappa shape index (κ1) is 24.2. The Morgan fingerprint density at radius 3 is 1.96 bits per heavy atom. The molecular weight excluding hydrogens is 310 g/mol. The van der Waals surface area contributed by atoms with Gasteiger partial charge in [-0.05, 0) is 38.5 Å². The summed E-state index contributed by atoms with van der Waals surface area (Å²) in [5.41, 5.74) is 0. The summed E-state index contributed by atoms with van der Waals surface area (Å²) in [4.78, 5) is 11.6. The van der Waals surface area contributed by atoms with E-state index >= 15 is 0 Å². The molecule has 0 spiro atoms. The van der Waals surface area contributed by atoms with Gasteiger partial charge in [0.15, 0.2) is 0 Å². The molecule has 0 aromatic rings. The third-order valence-corrected chi connectivity index (χ3v) is 4.51. The average molecular weight is 354 g/mol. The Bertz CT molecular complexity index is 302. The van der Waals surface area contributed by atoms with Gasteiger partial charge >= 0.3 is 0 Å². The molecule has 1 N–H and O–H groups in total. The van der Waals surface area contributed by atoms with Crippen molar-refractivity contribution in [3.05, 3.63) is 12.2 Å². The molecule has 0 fully saturated rings. The van der Waals surface area contributed by atoms with E-state index in [9.17, 15) is 4.79 Å². The first-order valence-electron chi connectivity index (χ1n) is 10.7. The van der Waals surface area contributed by atoms with Crippen molar-refractivity contribution in [2.24, 2.45) is 0 Å². The highest BCUT2D eigenvalue weighted by Gasteiger charge is 2.00. The van der Waals surface area contributed by atoms with Gasteiger partial charge < -0.3 is 10.1 Å². The van der Waals surface area contributed by atoms with Gasteiger partial charge in [-0.2, -0.15) is 0 Å². The van der Waals surface area contributed by atoms with E-state index in [0.717, 1.165) is 19.4 Å². The van der Waals surface area contributed by atoms with Crippen LogP contribution in [-0.4, -0.2) is 26.2 Å². The Morgan fingerprint density at radius 1 is 0.800 bits per heavy atom. The molecule has 1 amide bonds. The number of rotatable bonds is 19. The van der Waals surface area contributed by atoms with Gasteiger partial charge in [-0.3, -0.25) is 4.79 Å². The number of ether oxygens (including phenoxy) is 1. The minimum atomic E-state index is 0.189. The Balaban J connectivity index is 3.17. The van der Waals surface area contributed by atoms with E-state index in [-0.39, 0.29) is 5.91 Å². The Labute approximate surface area is 157 Å². The lowest BCUT2D eigenvalue weighted by molar-refractivity contribution is -0.121. The smallest absolute Gasteiger partial charge is 0.219 e. The van der Waals surface area contributed by atoms with Gasteiger partial charge in [0.25, 0.3) is 0 Å². The highest BCUT2D eigenvalue weighted by atomic mass is 16.5. The standard InChI is InChI=1S/C22H43NO2/c1-3-4-5-6-7-8-9-10-11-12-13-14-15-16-17-19-22(24)23-20-18-21-25-2/h10-11H,3-9,12-21H2,1-2H3,(H,23,24). The molecule has 3 nitrogen and oxygen atoms in total. The molecule has 0 aliphatic rings. The van der Waals surface area contributed by atoms with Crippen LogP contribution >= 0.6 is 0 Å². The third kappa shape index (κ3) is 21.1. The molecule has 0 rings (SSSR count). The Morgan fingerprint density at radius 2 is 1.36 bits per heavy atom. The number of hydrogen-bond acceptors (Lipinski definition) is 2. The van der Waals surface area contributed by atoms with Crippen LogP contribution in [0.4, 0.5) is 0 Å². The Hall–Kier alpha value is -0.830. The maximum Gasteiger partial charge on any atom is 0.219 e. The number of nitrogens with one attached hydrogen (secondary N) is 1. The minimum Gasteiger partial charge on any atom is -0.385 e. The molecule has 0 aromatic heterocycles. The van der Waals surface area contributed by atoms with Crippen LogP contribution in [-0.2, 0) is 9.53 Å². The molecule has 0 saturated carbocycles. The second-order valence-electron chi connectivity index (χ2n) is 7.03. The van der Waals surface area contributed by atoms with Crippen molar-refractivity contribution in [2.45, 2.75) is 103 Å². The summed E-state index contributed by atoms with van der Waals surface area (Å²) < 4.78 is 4.96. The number of allylic oxidation sites excluding steroid dienone is 2. The van der Waals surface area contributed by atoms with Crippen LogP contribution in [0.3, 0.4) is 0 Å². The summed E-state index contributed by atoms with van der Waals surface area (Å²) in [6.07, 6.45) is 23.1. The molecule has 0 unspecified atom stereocenters. The first-order valence-corrected chi connectivity index (χ1v) is 10.7. The van der Waals surface area contributed by atoms with Crippen molar-refractivity contribution >= 4 is 5.91 Å². The highest BCUT2D eigenvalue weighted by Crippen LogP contribution is 2.09. The van der Waals surface area contributed by atoms with E-state index < -0.39 is 0 Å². The zero-order chi connectivity index (χ0) is 18.4. The molecule has 25 heavy (non-hydrogen) atoms. The molecule has 148 valence electrons. The monoisotopic (exact) mass is 353 g/mol. The van der Waals surface area contributed by atoms with Crippen LogP contribution in [0, 0.1) is 0 Å². The van der Waals surface area contributed by atoms with Crippen molar-refractivity contribution in [1.82, 2.24) is 5.32 Å².